The smallest absolute Gasteiger partial charge is 0.303 e. The van der Waals surface area contributed by atoms with E-state index in [0.717, 1.165) is 35.2 Å². The van der Waals surface area contributed by atoms with Crippen molar-refractivity contribution >= 4 is 24.1 Å². The highest BCUT2D eigenvalue weighted by atomic mass is 32.2. The molecule has 0 fully saturated rings. The van der Waals surface area contributed by atoms with Gasteiger partial charge in [0.1, 0.15) is 18.6 Å². The standard InChI is InChI=1S/C11H14F2O3S2/c1-8-4-5-10(6-9(8)2)17-15-7-11(12,13)18-16-14-3/h4-6H,7H2,1-3H3. The Kier molecular flexibility index (Phi) is 6.37. The maximum absolute atomic E-state index is 13.1. The molecule has 1 aromatic rings. The summed E-state index contributed by atoms with van der Waals surface area (Å²) in [5.74, 6) is 0. The van der Waals surface area contributed by atoms with E-state index in [9.17, 15) is 8.78 Å². The third-order valence-corrected chi connectivity index (χ3v) is 3.33. The largest absolute Gasteiger partial charge is 0.344 e. The first-order chi connectivity index (χ1) is 8.44. The van der Waals surface area contributed by atoms with Crippen molar-refractivity contribution in [3.63, 3.8) is 0 Å². The number of alkyl halides is 2. The van der Waals surface area contributed by atoms with Crippen LogP contribution in [-0.4, -0.2) is 19.0 Å². The van der Waals surface area contributed by atoms with Crippen LogP contribution >= 0.6 is 24.1 Å². The topological polar surface area (TPSA) is 27.7 Å². The minimum absolute atomic E-state index is 0.0744. The average molecular weight is 296 g/mol. The van der Waals surface area contributed by atoms with Gasteiger partial charge in [-0.25, -0.2) is 4.89 Å². The molecular weight excluding hydrogens is 282 g/mol. The van der Waals surface area contributed by atoms with Gasteiger partial charge < -0.3 is 4.18 Å². The second kappa shape index (κ2) is 7.30. The molecule has 0 heterocycles. The summed E-state index contributed by atoms with van der Waals surface area (Å²) < 4.78 is 35.2. The molecule has 3 nitrogen and oxygen atoms in total. The lowest BCUT2D eigenvalue weighted by atomic mass is 10.1. The first kappa shape index (κ1) is 15.7. The van der Waals surface area contributed by atoms with Gasteiger partial charge in [-0.3, -0.25) is 0 Å². The minimum atomic E-state index is -3.15. The first-order valence-corrected chi connectivity index (χ1v) is 6.56. The quantitative estimate of drug-likeness (QED) is 0.428. The van der Waals surface area contributed by atoms with Gasteiger partial charge in [-0.2, -0.15) is 13.1 Å². The molecule has 0 spiro atoms. The first-order valence-electron chi connectivity index (χ1n) is 5.07. The number of benzene rings is 1. The van der Waals surface area contributed by atoms with Crippen molar-refractivity contribution in [3.05, 3.63) is 29.3 Å². The normalized spacial score (nSPS) is 11.8. The molecule has 1 aromatic carbocycles. The third-order valence-electron chi connectivity index (χ3n) is 2.08. The summed E-state index contributed by atoms with van der Waals surface area (Å²) >= 11 is 0.839. The van der Waals surface area contributed by atoms with Gasteiger partial charge in [-0.15, -0.1) is 0 Å². The molecular formula is C11H14F2O3S2. The van der Waals surface area contributed by atoms with Crippen molar-refractivity contribution in [1.82, 2.24) is 0 Å². The molecule has 0 amide bonds. The monoisotopic (exact) mass is 296 g/mol. The molecule has 7 heteroatoms. The molecule has 0 N–H and O–H groups in total. The van der Waals surface area contributed by atoms with Crippen LogP contribution in [0.15, 0.2) is 23.1 Å². The van der Waals surface area contributed by atoms with Crippen molar-refractivity contribution in [2.75, 3.05) is 13.7 Å². The molecule has 0 saturated carbocycles. The lowest BCUT2D eigenvalue weighted by Crippen LogP contribution is -2.17. The lowest BCUT2D eigenvalue weighted by molar-refractivity contribution is -0.167. The molecule has 0 aromatic heterocycles. The summed E-state index contributed by atoms with van der Waals surface area (Å²) in [5, 5.41) is -3.15. The Labute approximate surface area is 114 Å². The molecule has 0 unspecified atom stereocenters. The fourth-order valence-corrected chi connectivity index (χ4v) is 2.08. The van der Waals surface area contributed by atoms with Crippen molar-refractivity contribution < 1.29 is 22.2 Å². The van der Waals surface area contributed by atoms with Crippen LogP contribution in [0.2, 0.25) is 0 Å². The summed E-state index contributed by atoms with van der Waals surface area (Å²) in [6.45, 7) is 3.17. The predicted molar refractivity (Wildman–Crippen MR) is 68.4 cm³/mol. The molecule has 0 aliphatic heterocycles. The number of aryl methyl sites for hydroxylation is 2. The molecule has 0 atom stereocenters. The Morgan fingerprint density at radius 2 is 1.94 bits per heavy atom. The minimum Gasteiger partial charge on any atom is -0.303 e. The Hall–Kier alpha value is -0.340. The second-order valence-electron chi connectivity index (χ2n) is 3.55. The van der Waals surface area contributed by atoms with Gasteiger partial charge in [-0.05, 0) is 37.1 Å². The van der Waals surface area contributed by atoms with Gasteiger partial charge in [0.05, 0.1) is 7.11 Å². The Morgan fingerprint density at radius 1 is 1.22 bits per heavy atom. The van der Waals surface area contributed by atoms with Crippen LogP contribution in [0.1, 0.15) is 11.1 Å². The highest BCUT2D eigenvalue weighted by Gasteiger charge is 2.32. The highest BCUT2D eigenvalue weighted by molar-refractivity contribution is 7.96. The zero-order valence-electron chi connectivity index (χ0n) is 10.2. The van der Waals surface area contributed by atoms with Gasteiger partial charge in [0.25, 0.3) is 0 Å². The molecule has 0 saturated heterocycles. The molecule has 1 rings (SSSR count). The van der Waals surface area contributed by atoms with Crippen molar-refractivity contribution in [3.8, 4) is 0 Å². The van der Waals surface area contributed by atoms with Crippen LogP contribution in [0, 0.1) is 13.8 Å². The van der Waals surface area contributed by atoms with E-state index < -0.39 is 11.9 Å². The summed E-state index contributed by atoms with van der Waals surface area (Å²) in [7, 11) is 1.16. The van der Waals surface area contributed by atoms with Crippen LogP contribution in [-0.2, 0) is 13.4 Å². The molecule has 0 aliphatic carbocycles. The molecule has 0 aliphatic rings. The van der Waals surface area contributed by atoms with Crippen LogP contribution < -0.4 is 0 Å². The second-order valence-corrected chi connectivity index (χ2v) is 5.32. The van der Waals surface area contributed by atoms with Crippen molar-refractivity contribution in [2.24, 2.45) is 0 Å². The van der Waals surface area contributed by atoms with Gasteiger partial charge in [-0.1, -0.05) is 6.07 Å². The number of hydrogen-bond donors (Lipinski definition) is 0. The summed E-state index contributed by atoms with van der Waals surface area (Å²) in [5.41, 5.74) is 2.24. The molecule has 18 heavy (non-hydrogen) atoms. The Balaban J connectivity index is 2.39. The van der Waals surface area contributed by atoms with E-state index in [2.05, 4.69) is 9.22 Å². The van der Waals surface area contributed by atoms with Crippen LogP contribution in [0.3, 0.4) is 0 Å². The maximum Gasteiger partial charge on any atom is 0.344 e. The average Bonchev–Trinajstić information content (AvgIpc) is 2.31. The van der Waals surface area contributed by atoms with E-state index in [-0.39, 0.29) is 12.0 Å². The van der Waals surface area contributed by atoms with Crippen LogP contribution in [0.5, 0.6) is 0 Å². The van der Waals surface area contributed by atoms with Gasteiger partial charge >= 0.3 is 5.25 Å². The maximum atomic E-state index is 13.1. The third kappa shape index (κ3) is 5.53. The molecule has 0 bridgehead atoms. The van der Waals surface area contributed by atoms with Gasteiger partial charge in [0, 0.05) is 16.9 Å². The predicted octanol–water partition coefficient (Wildman–Crippen LogP) is 4.15. The van der Waals surface area contributed by atoms with Gasteiger partial charge in [0.15, 0.2) is 0 Å². The van der Waals surface area contributed by atoms with E-state index >= 15 is 0 Å². The van der Waals surface area contributed by atoms with E-state index in [1.54, 1.807) is 0 Å². The van der Waals surface area contributed by atoms with Crippen LogP contribution in [0.4, 0.5) is 8.78 Å². The molecule has 102 valence electrons. The molecule has 0 radical (unpaired) electrons. The fourth-order valence-electron chi connectivity index (χ4n) is 1.04. The van der Waals surface area contributed by atoms with E-state index in [1.807, 2.05) is 32.0 Å². The van der Waals surface area contributed by atoms with E-state index in [1.165, 1.54) is 0 Å². The Bertz CT molecular complexity index is 389. The van der Waals surface area contributed by atoms with E-state index in [4.69, 9.17) is 4.18 Å². The SMILES string of the molecule is COOSC(F)(F)COSc1ccc(C)c(C)c1. The summed E-state index contributed by atoms with van der Waals surface area (Å²) in [4.78, 5) is 4.88. The zero-order chi connectivity index (χ0) is 13.6. The van der Waals surface area contributed by atoms with Gasteiger partial charge in [0.2, 0.25) is 0 Å². The zero-order valence-corrected chi connectivity index (χ0v) is 11.9. The number of hydrogen-bond acceptors (Lipinski definition) is 5. The fraction of sp³-hybridized carbons (Fsp3) is 0.455. The lowest BCUT2D eigenvalue weighted by Gasteiger charge is -2.13. The van der Waals surface area contributed by atoms with Crippen LogP contribution in [0.25, 0.3) is 0 Å². The summed E-state index contributed by atoms with van der Waals surface area (Å²) in [6, 6.07) is 5.63. The van der Waals surface area contributed by atoms with Crippen molar-refractivity contribution in [1.29, 1.82) is 0 Å². The number of halogens is 2. The van der Waals surface area contributed by atoms with Crippen molar-refractivity contribution in [2.45, 2.75) is 24.0 Å². The highest BCUT2D eigenvalue weighted by Crippen LogP contribution is 2.32. The Morgan fingerprint density at radius 3 is 2.56 bits per heavy atom. The van der Waals surface area contributed by atoms with E-state index in [0.29, 0.717) is 0 Å². The summed E-state index contributed by atoms with van der Waals surface area (Å²) in [6.07, 6.45) is 0. The number of rotatable bonds is 7.